The topological polar surface area (TPSA) is 57.7 Å². The predicted molar refractivity (Wildman–Crippen MR) is 58.1 cm³/mol. The van der Waals surface area contributed by atoms with Gasteiger partial charge in [-0.15, -0.1) is 0 Å². The molecule has 1 aliphatic heterocycles. The molecule has 0 aromatic carbocycles. The van der Waals surface area contributed by atoms with Crippen LogP contribution in [0.1, 0.15) is 32.6 Å². The molecule has 0 bridgehead atoms. The van der Waals surface area contributed by atoms with Gasteiger partial charge in [0.05, 0.1) is 0 Å². The molecule has 0 spiro atoms. The van der Waals surface area contributed by atoms with Crippen LogP contribution < -0.4 is 0 Å². The van der Waals surface area contributed by atoms with Crippen molar-refractivity contribution < 1.29 is 14.4 Å². The zero-order valence-corrected chi connectivity index (χ0v) is 9.57. The number of unbranched alkanes of at least 4 members (excludes halogenated alkanes) is 3. The molecule has 0 atom stereocenters. The van der Waals surface area contributed by atoms with Gasteiger partial charge in [-0.05, 0) is 6.42 Å². The summed E-state index contributed by atoms with van der Waals surface area (Å²) < 4.78 is 0. The summed E-state index contributed by atoms with van der Waals surface area (Å²) in [4.78, 5) is 35.5. The molecule has 0 unspecified atom stereocenters. The average Bonchev–Trinajstić information content (AvgIpc) is 2.30. The van der Waals surface area contributed by atoms with Gasteiger partial charge < -0.3 is 4.90 Å². The van der Waals surface area contributed by atoms with Crippen molar-refractivity contribution in [2.45, 2.75) is 32.6 Å². The van der Waals surface area contributed by atoms with Crippen LogP contribution in [0.15, 0.2) is 0 Å². The Morgan fingerprint density at radius 3 is 2.50 bits per heavy atom. The van der Waals surface area contributed by atoms with E-state index in [4.69, 9.17) is 0 Å². The van der Waals surface area contributed by atoms with E-state index in [0.717, 1.165) is 30.6 Å². The van der Waals surface area contributed by atoms with Crippen molar-refractivity contribution in [2.75, 3.05) is 19.6 Å². The van der Waals surface area contributed by atoms with Crippen LogP contribution in [-0.2, 0) is 14.4 Å². The van der Waals surface area contributed by atoms with Gasteiger partial charge in [0, 0.05) is 19.6 Å². The molecule has 0 N–H and O–H groups in total. The Labute approximate surface area is 95.4 Å². The third-order valence-corrected chi connectivity index (χ3v) is 2.70. The second-order valence-electron chi connectivity index (χ2n) is 3.90. The van der Waals surface area contributed by atoms with Crippen LogP contribution in [0, 0.1) is 0 Å². The van der Waals surface area contributed by atoms with Crippen LogP contribution in [0.3, 0.4) is 0 Å². The van der Waals surface area contributed by atoms with E-state index in [0.29, 0.717) is 13.1 Å². The van der Waals surface area contributed by atoms with E-state index in [1.165, 1.54) is 11.3 Å². The van der Waals surface area contributed by atoms with Crippen molar-refractivity contribution >= 4 is 18.2 Å². The first-order chi connectivity index (χ1) is 7.70. The minimum Gasteiger partial charge on any atom is -0.333 e. The van der Waals surface area contributed by atoms with Gasteiger partial charge in [0.2, 0.25) is 0 Å². The van der Waals surface area contributed by atoms with Crippen molar-refractivity contribution in [3.8, 4) is 0 Å². The molecule has 1 rings (SSSR count). The Morgan fingerprint density at radius 1 is 1.12 bits per heavy atom. The van der Waals surface area contributed by atoms with Crippen molar-refractivity contribution in [1.29, 1.82) is 0 Å². The second kappa shape index (κ2) is 6.25. The molecule has 1 saturated heterocycles. The molecular weight excluding hydrogens is 208 g/mol. The number of carbonyl (C=O) groups is 2. The van der Waals surface area contributed by atoms with Gasteiger partial charge in [-0.25, -0.2) is 0 Å². The number of nitrogens with zero attached hydrogens (tertiary/aromatic N) is 2. The highest BCUT2D eigenvalue weighted by atomic mass is 16.2. The lowest BCUT2D eigenvalue weighted by molar-refractivity contribution is -0.153. The Morgan fingerprint density at radius 2 is 1.88 bits per heavy atom. The molecule has 5 heteroatoms. The SMILES string of the molecule is CCCCCCN1CCN([C]=O)C(=O)C1=O. The van der Waals surface area contributed by atoms with E-state index < -0.39 is 11.8 Å². The first-order valence-electron chi connectivity index (χ1n) is 5.69. The number of amides is 3. The number of rotatable bonds is 6. The van der Waals surface area contributed by atoms with Crippen molar-refractivity contribution in [3.63, 3.8) is 0 Å². The lowest BCUT2D eigenvalue weighted by Gasteiger charge is -2.29. The lowest BCUT2D eigenvalue weighted by Crippen LogP contribution is -2.53. The van der Waals surface area contributed by atoms with Crippen LogP contribution in [0.25, 0.3) is 0 Å². The fraction of sp³-hybridized carbons (Fsp3) is 0.727. The minimum atomic E-state index is -0.753. The van der Waals surface area contributed by atoms with Crippen LogP contribution in [0.2, 0.25) is 0 Å². The van der Waals surface area contributed by atoms with Crippen LogP contribution in [-0.4, -0.2) is 47.7 Å². The van der Waals surface area contributed by atoms with Gasteiger partial charge in [0.15, 0.2) is 0 Å². The largest absolute Gasteiger partial charge is 0.333 e. The first kappa shape index (κ1) is 12.7. The van der Waals surface area contributed by atoms with E-state index in [9.17, 15) is 14.4 Å². The zero-order chi connectivity index (χ0) is 12.0. The molecule has 5 nitrogen and oxygen atoms in total. The third kappa shape index (κ3) is 3.05. The number of hydrogen-bond acceptors (Lipinski definition) is 3. The van der Waals surface area contributed by atoms with Gasteiger partial charge in [-0.1, -0.05) is 26.2 Å². The molecule has 16 heavy (non-hydrogen) atoms. The highest BCUT2D eigenvalue weighted by Crippen LogP contribution is 2.06. The molecule has 0 saturated carbocycles. The molecule has 0 aromatic rings. The summed E-state index contributed by atoms with van der Waals surface area (Å²) >= 11 is 0. The molecule has 89 valence electrons. The van der Waals surface area contributed by atoms with Crippen LogP contribution in [0.5, 0.6) is 0 Å². The van der Waals surface area contributed by atoms with E-state index in [-0.39, 0.29) is 6.54 Å². The molecule has 1 fully saturated rings. The smallest absolute Gasteiger partial charge is 0.319 e. The fourth-order valence-electron chi connectivity index (χ4n) is 1.70. The molecule has 0 aliphatic carbocycles. The highest BCUT2D eigenvalue weighted by molar-refractivity contribution is 6.37. The maximum absolute atomic E-state index is 11.5. The van der Waals surface area contributed by atoms with E-state index in [1.807, 2.05) is 0 Å². The van der Waals surface area contributed by atoms with E-state index in [1.54, 1.807) is 0 Å². The maximum atomic E-state index is 11.5. The molecular formula is C11H17N2O3. The lowest BCUT2D eigenvalue weighted by atomic mass is 10.2. The highest BCUT2D eigenvalue weighted by Gasteiger charge is 2.32. The van der Waals surface area contributed by atoms with Gasteiger partial charge in [-0.2, -0.15) is 0 Å². The monoisotopic (exact) mass is 225 g/mol. The van der Waals surface area contributed by atoms with Crippen LogP contribution >= 0.6 is 0 Å². The second-order valence-corrected chi connectivity index (χ2v) is 3.90. The average molecular weight is 225 g/mol. The van der Waals surface area contributed by atoms with Crippen molar-refractivity contribution in [1.82, 2.24) is 9.80 Å². The number of carbonyl (C=O) groups excluding carboxylic acids is 3. The molecule has 1 radical (unpaired) electrons. The van der Waals surface area contributed by atoms with Gasteiger partial charge >= 0.3 is 18.2 Å². The Bertz CT molecular complexity index is 278. The molecule has 0 aromatic heterocycles. The van der Waals surface area contributed by atoms with Gasteiger partial charge in [-0.3, -0.25) is 19.3 Å². The quantitative estimate of drug-likeness (QED) is 0.482. The Balaban J connectivity index is 2.37. The van der Waals surface area contributed by atoms with Gasteiger partial charge in [0.25, 0.3) is 0 Å². The Hall–Kier alpha value is -1.39. The summed E-state index contributed by atoms with van der Waals surface area (Å²) in [5.41, 5.74) is 0. The summed E-state index contributed by atoms with van der Waals surface area (Å²) in [6.07, 6.45) is 5.73. The number of imide groups is 1. The standard InChI is InChI=1S/C11H17N2O3/c1-2-3-4-5-6-12-7-8-13(9-14)11(16)10(12)15/h2-8H2,1H3. The Kier molecular flexibility index (Phi) is 4.95. The maximum Gasteiger partial charge on any atom is 0.319 e. The summed E-state index contributed by atoms with van der Waals surface area (Å²) in [7, 11) is 0. The molecule has 1 heterocycles. The molecule has 3 amide bonds. The fourth-order valence-corrected chi connectivity index (χ4v) is 1.70. The minimum absolute atomic E-state index is 0.266. The summed E-state index contributed by atoms with van der Waals surface area (Å²) in [6, 6.07) is 0. The van der Waals surface area contributed by atoms with Gasteiger partial charge in [0.1, 0.15) is 0 Å². The summed E-state index contributed by atoms with van der Waals surface area (Å²) in [6.45, 7) is 3.43. The van der Waals surface area contributed by atoms with Crippen molar-refractivity contribution in [2.24, 2.45) is 0 Å². The number of piperazine rings is 1. The predicted octanol–water partition coefficient (Wildman–Crippen LogP) is 0.305. The zero-order valence-electron chi connectivity index (χ0n) is 9.57. The van der Waals surface area contributed by atoms with Crippen molar-refractivity contribution in [3.05, 3.63) is 0 Å². The number of hydrogen-bond donors (Lipinski definition) is 0. The first-order valence-corrected chi connectivity index (χ1v) is 5.69. The van der Waals surface area contributed by atoms with E-state index in [2.05, 4.69) is 6.92 Å². The summed E-state index contributed by atoms with van der Waals surface area (Å²) in [5.74, 6) is -1.33. The molecule has 1 aliphatic rings. The van der Waals surface area contributed by atoms with E-state index >= 15 is 0 Å². The van der Waals surface area contributed by atoms with Crippen LogP contribution in [0.4, 0.5) is 0 Å². The summed E-state index contributed by atoms with van der Waals surface area (Å²) in [5, 5.41) is 0. The normalized spacial score (nSPS) is 16.8. The third-order valence-electron chi connectivity index (χ3n) is 2.70.